The van der Waals surface area contributed by atoms with E-state index in [0.717, 1.165) is 30.0 Å². The number of anilines is 2. The monoisotopic (exact) mass is 349 g/mol. The standard InChI is InChI=1S/C18H20FN3O.ClH/c1-13-6-7-14(10-15(13)19)11-21-18(23)12-22-9-8-20-16-4-2-3-5-17(16)22;/h2-7,10,20H,8-9,11-12H2,1H3,(H,21,23);1H. The van der Waals surface area contributed by atoms with E-state index in [1.807, 2.05) is 30.3 Å². The van der Waals surface area contributed by atoms with Gasteiger partial charge in [-0.15, -0.1) is 12.4 Å². The number of hydrogen-bond acceptors (Lipinski definition) is 3. The Morgan fingerprint density at radius 3 is 2.88 bits per heavy atom. The van der Waals surface area contributed by atoms with Crippen molar-refractivity contribution in [2.75, 3.05) is 29.9 Å². The Hall–Kier alpha value is -2.27. The first-order chi connectivity index (χ1) is 11.1. The van der Waals surface area contributed by atoms with E-state index in [2.05, 4.69) is 15.5 Å². The van der Waals surface area contributed by atoms with Crippen molar-refractivity contribution in [1.82, 2.24) is 5.32 Å². The second-order valence-electron chi connectivity index (χ2n) is 5.73. The molecular weight excluding hydrogens is 329 g/mol. The normalized spacial score (nSPS) is 12.7. The summed E-state index contributed by atoms with van der Waals surface area (Å²) in [5.74, 6) is -0.310. The van der Waals surface area contributed by atoms with Crippen LogP contribution in [0.25, 0.3) is 0 Å². The molecular formula is C18H21ClFN3O. The Morgan fingerprint density at radius 2 is 2.08 bits per heavy atom. The number of fused-ring (bicyclic) bond motifs is 1. The van der Waals surface area contributed by atoms with Gasteiger partial charge in [0.25, 0.3) is 0 Å². The molecule has 1 heterocycles. The molecule has 2 N–H and O–H groups in total. The number of rotatable bonds is 4. The quantitative estimate of drug-likeness (QED) is 0.891. The first-order valence-electron chi connectivity index (χ1n) is 7.73. The van der Waals surface area contributed by atoms with Crippen molar-refractivity contribution in [3.63, 3.8) is 0 Å². The van der Waals surface area contributed by atoms with Gasteiger partial charge >= 0.3 is 0 Å². The largest absolute Gasteiger partial charge is 0.382 e. The lowest BCUT2D eigenvalue weighted by Gasteiger charge is -2.31. The van der Waals surface area contributed by atoms with E-state index < -0.39 is 0 Å². The van der Waals surface area contributed by atoms with E-state index in [-0.39, 0.29) is 24.1 Å². The van der Waals surface area contributed by atoms with Crippen LogP contribution < -0.4 is 15.5 Å². The molecule has 0 aliphatic carbocycles. The fourth-order valence-electron chi connectivity index (χ4n) is 2.69. The molecule has 0 spiro atoms. The van der Waals surface area contributed by atoms with E-state index >= 15 is 0 Å². The number of halogens is 2. The molecule has 0 bridgehead atoms. The van der Waals surface area contributed by atoms with Crippen LogP contribution in [0.3, 0.4) is 0 Å². The number of aryl methyl sites for hydroxylation is 1. The molecule has 0 atom stereocenters. The van der Waals surface area contributed by atoms with E-state index in [4.69, 9.17) is 0 Å². The van der Waals surface area contributed by atoms with Gasteiger partial charge in [-0.1, -0.05) is 24.3 Å². The van der Waals surface area contributed by atoms with Crippen molar-refractivity contribution in [2.45, 2.75) is 13.5 Å². The second-order valence-corrected chi connectivity index (χ2v) is 5.73. The van der Waals surface area contributed by atoms with Gasteiger partial charge in [0.1, 0.15) is 5.82 Å². The van der Waals surface area contributed by atoms with Crippen molar-refractivity contribution < 1.29 is 9.18 Å². The van der Waals surface area contributed by atoms with Gasteiger partial charge in [-0.3, -0.25) is 4.79 Å². The van der Waals surface area contributed by atoms with Gasteiger partial charge in [-0.25, -0.2) is 4.39 Å². The van der Waals surface area contributed by atoms with Crippen LogP contribution in [0.5, 0.6) is 0 Å². The summed E-state index contributed by atoms with van der Waals surface area (Å²) in [5, 5.41) is 6.18. The second kappa shape index (κ2) is 8.02. The highest BCUT2D eigenvalue weighted by Crippen LogP contribution is 2.27. The number of benzene rings is 2. The lowest BCUT2D eigenvalue weighted by atomic mass is 10.1. The predicted molar refractivity (Wildman–Crippen MR) is 97.4 cm³/mol. The molecule has 1 amide bonds. The third-order valence-corrected chi connectivity index (χ3v) is 4.00. The smallest absolute Gasteiger partial charge is 0.239 e. The summed E-state index contributed by atoms with van der Waals surface area (Å²) in [5.41, 5.74) is 3.46. The van der Waals surface area contributed by atoms with Crippen LogP contribution in [0.15, 0.2) is 42.5 Å². The van der Waals surface area contributed by atoms with Gasteiger partial charge in [0.15, 0.2) is 0 Å². The molecule has 0 radical (unpaired) electrons. The van der Waals surface area contributed by atoms with E-state index in [1.165, 1.54) is 6.07 Å². The minimum absolute atomic E-state index is 0. The molecule has 128 valence electrons. The van der Waals surface area contributed by atoms with Gasteiger partial charge in [0.05, 0.1) is 17.9 Å². The minimum Gasteiger partial charge on any atom is -0.382 e. The summed E-state index contributed by atoms with van der Waals surface area (Å²) in [7, 11) is 0. The highest BCUT2D eigenvalue weighted by atomic mass is 35.5. The summed E-state index contributed by atoms with van der Waals surface area (Å²) in [6.07, 6.45) is 0. The minimum atomic E-state index is -0.243. The number of para-hydroxylation sites is 2. The lowest BCUT2D eigenvalue weighted by molar-refractivity contribution is -0.119. The Morgan fingerprint density at radius 1 is 1.29 bits per heavy atom. The zero-order valence-corrected chi connectivity index (χ0v) is 14.3. The number of nitrogens with zero attached hydrogens (tertiary/aromatic N) is 1. The Balaban J connectivity index is 0.00000208. The van der Waals surface area contributed by atoms with Gasteiger partial charge < -0.3 is 15.5 Å². The van der Waals surface area contributed by atoms with Crippen LogP contribution in [0.2, 0.25) is 0 Å². The highest BCUT2D eigenvalue weighted by molar-refractivity contribution is 5.85. The average molecular weight is 350 g/mol. The molecule has 4 nitrogen and oxygen atoms in total. The molecule has 6 heteroatoms. The summed E-state index contributed by atoms with van der Waals surface area (Å²) < 4.78 is 13.5. The lowest BCUT2D eigenvalue weighted by Crippen LogP contribution is -2.41. The van der Waals surface area contributed by atoms with Crippen molar-refractivity contribution in [3.8, 4) is 0 Å². The highest BCUT2D eigenvalue weighted by Gasteiger charge is 2.18. The number of carbonyl (C=O) groups excluding carboxylic acids is 1. The van der Waals surface area contributed by atoms with Gasteiger partial charge in [-0.05, 0) is 36.2 Å². The number of hydrogen-bond donors (Lipinski definition) is 2. The fraction of sp³-hybridized carbons (Fsp3) is 0.278. The maximum Gasteiger partial charge on any atom is 0.239 e. The van der Waals surface area contributed by atoms with E-state index in [9.17, 15) is 9.18 Å². The zero-order valence-electron chi connectivity index (χ0n) is 13.5. The topological polar surface area (TPSA) is 44.4 Å². The van der Waals surface area contributed by atoms with Gasteiger partial charge in [0.2, 0.25) is 5.91 Å². The molecule has 0 aromatic heterocycles. The first kappa shape index (κ1) is 18.1. The maximum atomic E-state index is 13.5. The first-order valence-corrected chi connectivity index (χ1v) is 7.73. The molecule has 0 fully saturated rings. The van der Waals surface area contributed by atoms with Crippen LogP contribution in [0, 0.1) is 12.7 Å². The van der Waals surface area contributed by atoms with Crippen molar-refractivity contribution >= 4 is 29.7 Å². The van der Waals surface area contributed by atoms with Crippen LogP contribution in [0.1, 0.15) is 11.1 Å². The summed E-state index contributed by atoms with van der Waals surface area (Å²) in [6.45, 7) is 3.95. The maximum absolute atomic E-state index is 13.5. The third kappa shape index (κ3) is 4.17. The van der Waals surface area contributed by atoms with Crippen molar-refractivity contribution in [1.29, 1.82) is 0 Å². The Labute approximate surface area is 147 Å². The van der Waals surface area contributed by atoms with Gasteiger partial charge in [0, 0.05) is 19.6 Å². The zero-order chi connectivity index (χ0) is 16.2. The van der Waals surface area contributed by atoms with E-state index in [1.54, 1.807) is 13.0 Å². The van der Waals surface area contributed by atoms with Crippen LogP contribution in [-0.4, -0.2) is 25.5 Å². The Bertz CT molecular complexity index is 723. The van der Waals surface area contributed by atoms with E-state index in [0.29, 0.717) is 18.7 Å². The summed E-state index contributed by atoms with van der Waals surface area (Å²) in [6, 6.07) is 13.0. The SMILES string of the molecule is Cc1ccc(CNC(=O)CN2CCNc3ccccc32)cc1F.Cl. The van der Waals surface area contributed by atoms with Crippen molar-refractivity contribution in [2.24, 2.45) is 0 Å². The third-order valence-electron chi connectivity index (χ3n) is 4.00. The molecule has 1 aliphatic heterocycles. The molecule has 3 rings (SSSR count). The molecule has 0 saturated heterocycles. The van der Waals surface area contributed by atoms with Gasteiger partial charge in [-0.2, -0.15) is 0 Å². The predicted octanol–water partition coefficient (Wildman–Crippen LogP) is 3.10. The summed E-state index contributed by atoms with van der Waals surface area (Å²) in [4.78, 5) is 14.2. The summed E-state index contributed by atoms with van der Waals surface area (Å²) >= 11 is 0. The number of amides is 1. The van der Waals surface area contributed by atoms with Crippen LogP contribution in [-0.2, 0) is 11.3 Å². The number of nitrogens with one attached hydrogen (secondary N) is 2. The molecule has 0 saturated carbocycles. The molecule has 0 unspecified atom stereocenters. The molecule has 2 aromatic rings. The van der Waals surface area contributed by atoms with Crippen LogP contribution >= 0.6 is 12.4 Å². The van der Waals surface area contributed by atoms with Crippen molar-refractivity contribution in [3.05, 3.63) is 59.4 Å². The molecule has 1 aliphatic rings. The average Bonchev–Trinajstić information content (AvgIpc) is 2.56. The number of carbonyl (C=O) groups is 1. The Kier molecular flexibility index (Phi) is 6.04. The molecule has 2 aromatic carbocycles. The van der Waals surface area contributed by atoms with Crippen LogP contribution in [0.4, 0.5) is 15.8 Å². The fourth-order valence-corrected chi connectivity index (χ4v) is 2.69. The molecule has 24 heavy (non-hydrogen) atoms.